The van der Waals surface area contributed by atoms with Crippen molar-refractivity contribution in [2.24, 2.45) is 0 Å². The first-order chi connectivity index (χ1) is 9.65. The second-order valence-corrected chi connectivity index (χ2v) is 5.91. The number of nitrogens with zero attached hydrogens (tertiary/aromatic N) is 1. The second kappa shape index (κ2) is 7.23. The average Bonchev–Trinajstić information content (AvgIpc) is 2.79. The minimum atomic E-state index is -0.803. The number of carboxylic acids is 1. The maximum absolute atomic E-state index is 11.7. The number of aliphatic carboxylic acids is 1. The third kappa shape index (κ3) is 4.48. The van der Waals surface area contributed by atoms with E-state index in [0.29, 0.717) is 24.5 Å². The van der Waals surface area contributed by atoms with Crippen molar-refractivity contribution in [3.8, 4) is 0 Å². The van der Waals surface area contributed by atoms with Gasteiger partial charge in [0, 0.05) is 17.8 Å². The molecule has 0 radical (unpaired) electrons. The van der Waals surface area contributed by atoms with Gasteiger partial charge in [-0.2, -0.15) is 0 Å². The summed E-state index contributed by atoms with van der Waals surface area (Å²) in [5.41, 5.74) is 1.12. The van der Waals surface area contributed by atoms with E-state index in [9.17, 15) is 9.59 Å². The van der Waals surface area contributed by atoms with Gasteiger partial charge in [0.25, 0.3) is 0 Å². The molecule has 0 fully saturated rings. The Bertz CT molecular complexity index is 464. The molecule has 0 aromatic carbocycles. The number of amides is 2. The van der Waals surface area contributed by atoms with E-state index in [4.69, 9.17) is 5.11 Å². The van der Waals surface area contributed by atoms with Crippen LogP contribution in [0.4, 0.5) is 9.93 Å². The standard InChI is InChI=1S/C13H19N3O3S/c17-11(18)7-3-4-8-14-12(19)16-13-15-9-5-1-2-6-10(9)20-13/h1-8H2,(H,17,18)(H2,14,15,16,19). The van der Waals surface area contributed by atoms with Gasteiger partial charge in [-0.15, -0.1) is 11.3 Å². The van der Waals surface area contributed by atoms with E-state index < -0.39 is 5.97 Å². The van der Waals surface area contributed by atoms with Crippen molar-refractivity contribution >= 4 is 28.5 Å². The summed E-state index contributed by atoms with van der Waals surface area (Å²) in [6.45, 7) is 0.476. The van der Waals surface area contributed by atoms with E-state index in [1.54, 1.807) is 11.3 Å². The second-order valence-electron chi connectivity index (χ2n) is 4.83. The van der Waals surface area contributed by atoms with Crippen LogP contribution in [0.3, 0.4) is 0 Å². The molecule has 0 saturated heterocycles. The Morgan fingerprint density at radius 1 is 1.25 bits per heavy atom. The lowest BCUT2D eigenvalue weighted by atomic mass is 10.0. The molecule has 0 bridgehead atoms. The van der Waals surface area contributed by atoms with Gasteiger partial charge in [-0.05, 0) is 38.5 Å². The van der Waals surface area contributed by atoms with Crippen molar-refractivity contribution < 1.29 is 14.7 Å². The molecule has 2 amide bonds. The number of rotatable bonds is 6. The van der Waals surface area contributed by atoms with E-state index in [1.165, 1.54) is 17.7 Å². The van der Waals surface area contributed by atoms with Crippen molar-refractivity contribution in [3.05, 3.63) is 10.6 Å². The summed E-state index contributed by atoms with van der Waals surface area (Å²) >= 11 is 1.55. The highest BCUT2D eigenvalue weighted by Gasteiger charge is 2.16. The highest BCUT2D eigenvalue weighted by Crippen LogP contribution is 2.29. The van der Waals surface area contributed by atoms with Crippen molar-refractivity contribution in [2.45, 2.75) is 44.9 Å². The molecule has 2 rings (SSSR count). The molecule has 3 N–H and O–H groups in total. The maximum Gasteiger partial charge on any atom is 0.321 e. The lowest BCUT2D eigenvalue weighted by Crippen LogP contribution is -2.29. The van der Waals surface area contributed by atoms with Gasteiger partial charge in [0.1, 0.15) is 0 Å². The van der Waals surface area contributed by atoms with Gasteiger partial charge in [-0.25, -0.2) is 9.78 Å². The number of thiazole rings is 1. The normalized spacial score (nSPS) is 13.6. The average molecular weight is 297 g/mol. The quantitative estimate of drug-likeness (QED) is 0.703. The van der Waals surface area contributed by atoms with Crippen LogP contribution < -0.4 is 10.6 Å². The number of urea groups is 1. The molecule has 1 heterocycles. The Kier molecular flexibility index (Phi) is 5.34. The minimum absolute atomic E-state index is 0.141. The maximum atomic E-state index is 11.7. The number of carbonyl (C=O) groups is 2. The van der Waals surface area contributed by atoms with E-state index in [-0.39, 0.29) is 12.5 Å². The fraction of sp³-hybridized carbons (Fsp3) is 0.615. The molecule has 0 spiro atoms. The fourth-order valence-corrected chi connectivity index (χ4v) is 3.19. The first-order valence-corrected chi connectivity index (χ1v) is 7.72. The Balaban J connectivity index is 1.69. The van der Waals surface area contributed by atoms with Gasteiger partial charge in [-0.3, -0.25) is 10.1 Å². The number of unbranched alkanes of at least 4 members (excludes halogenated alkanes) is 1. The molecule has 6 nitrogen and oxygen atoms in total. The zero-order chi connectivity index (χ0) is 14.4. The third-order valence-electron chi connectivity index (χ3n) is 3.17. The summed E-state index contributed by atoms with van der Waals surface area (Å²) in [4.78, 5) is 27.7. The highest BCUT2D eigenvalue weighted by molar-refractivity contribution is 7.15. The summed E-state index contributed by atoms with van der Waals surface area (Å²) < 4.78 is 0. The predicted molar refractivity (Wildman–Crippen MR) is 77.3 cm³/mol. The van der Waals surface area contributed by atoms with Gasteiger partial charge in [0.05, 0.1) is 5.69 Å². The minimum Gasteiger partial charge on any atom is -0.481 e. The SMILES string of the molecule is O=C(O)CCCCNC(=O)Nc1nc2c(s1)CCCC2. The monoisotopic (exact) mass is 297 g/mol. The molecular weight excluding hydrogens is 278 g/mol. The van der Waals surface area contributed by atoms with Crippen molar-refractivity contribution in [3.63, 3.8) is 0 Å². The molecule has 7 heteroatoms. The molecule has 1 aromatic rings. The lowest BCUT2D eigenvalue weighted by Gasteiger charge is -2.06. The van der Waals surface area contributed by atoms with Gasteiger partial charge in [0.2, 0.25) is 0 Å². The van der Waals surface area contributed by atoms with Crippen molar-refractivity contribution in [2.75, 3.05) is 11.9 Å². The molecule has 0 saturated carbocycles. The van der Waals surface area contributed by atoms with Crippen LogP contribution in [0.5, 0.6) is 0 Å². The van der Waals surface area contributed by atoms with Gasteiger partial charge in [0.15, 0.2) is 5.13 Å². The largest absolute Gasteiger partial charge is 0.481 e. The number of aromatic nitrogens is 1. The Hall–Kier alpha value is -1.63. The molecule has 0 unspecified atom stereocenters. The number of carboxylic acid groups (broad SMARTS) is 1. The van der Waals surface area contributed by atoms with Gasteiger partial charge < -0.3 is 10.4 Å². The van der Waals surface area contributed by atoms with E-state index >= 15 is 0 Å². The zero-order valence-electron chi connectivity index (χ0n) is 11.3. The topological polar surface area (TPSA) is 91.3 Å². The molecule has 110 valence electrons. The Morgan fingerprint density at radius 3 is 2.80 bits per heavy atom. The predicted octanol–water partition coefficient (Wildman–Crippen LogP) is 2.40. The highest BCUT2D eigenvalue weighted by atomic mass is 32.1. The molecule has 1 aliphatic carbocycles. The Labute approximate surface area is 121 Å². The first kappa shape index (κ1) is 14.8. The Morgan fingerprint density at radius 2 is 2.05 bits per heavy atom. The van der Waals surface area contributed by atoms with Crippen molar-refractivity contribution in [1.82, 2.24) is 10.3 Å². The first-order valence-electron chi connectivity index (χ1n) is 6.90. The van der Waals surface area contributed by atoms with Gasteiger partial charge >= 0.3 is 12.0 Å². The zero-order valence-corrected chi connectivity index (χ0v) is 12.1. The number of fused-ring (bicyclic) bond motifs is 1. The summed E-state index contributed by atoms with van der Waals surface area (Å²) in [6, 6.07) is -0.272. The molecule has 0 aliphatic heterocycles. The molecule has 20 heavy (non-hydrogen) atoms. The van der Waals surface area contributed by atoms with E-state index in [1.807, 2.05) is 0 Å². The van der Waals surface area contributed by atoms with Crippen LogP contribution >= 0.6 is 11.3 Å². The van der Waals surface area contributed by atoms with Crippen molar-refractivity contribution in [1.29, 1.82) is 0 Å². The van der Waals surface area contributed by atoms with Crippen LogP contribution in [0.1, 0.15) is 42.7 Å². The lowest BCUT2D eigenvalue weighted by molar-refractivity contribution is -0.137. The number of hydrogen-bond acceptors (Lipinski definition) is 4. The number of anilines is 1. The molecule has 0 atom stereocenters. The molecule has 1 aromatic heterocycles. The smallest absolute Gasteiger partial charge is 0.321 e. The van der Waals surface area contributed by atoms with Crippen LogP contribution in [0.15, 0.2) is 0 Å². The number of carbonyl (C=O) groups excluding carboxylic acids is 1. The summed E-state index contributed by atoms with van der Waals surface area (Å²) in [5, 5.41) is 14.6. The van der Waals surface area contributed by atoms with Crippen LogP contribution in [0, 0.1) is 0 Å². The fourth-order valence-electron chi connectivity index (χ4n) is 2.15. The molecular formula is C13H19N3O3S. The van der Waals surface area contributed by atoms with Gasteiger partial charge in [-0.1, -0.05) is 0 Å². The number of aryl methyl sites for hydroxylation is 2. The molecule has 1 aliphatic rings. The number of hydrogen-bond donors (Lipinski definition) is 3. The van der Waals surface area contributed by atoms with E-state index in [2.05, 4.69) is 15.6 Å². The third-order valence-corrected chi connectivity index (χ3v) is 4.24. The van der Waals surface area contributed by atoms with Crippen LogP contribution in [0.25, 0.3) is 0 Å². The summed E-state index contributed by atoms with van der Waals surface area (Å²) in [7, 11) is 0. The van der Waals surface area contributed by atoms with Crippen LogP contribution in [-0.2, 0) is 17.6 Å². The van der Waals surface area contributed by atoms with Crippen LogP contribution in [0.2, 0.25) is 0 Å². The van der Waals surface area contributed by atoms with E-state index in [0.717, 1.165) is 18.5 Å². The summed E-state index contributed by atoms with van der Waals surface area (Å²) in [6.07, 6.45) is 5.81. The van der Waals surface area contributed by atoms with Crippen LogP contribution in [-0.4, -0.2) is 28.6 Å². The number of nitrogens with one attached hydrogen (secondary N) is 2. The summed E-state index contributed by atoms with van der Waals surface area (Å²) in [5.74, 6) is -0.803.